The smallest absolute Gasteiger partial charge is 0.238 e. The third kappa shape index (κ3) is 4.99. The first-order chi connectivity index (χ1) is 14.8. The maximum atomic E-state index is 10.3. The molecule has 0 unspecified atom stereocenters. The normalized spacial score (nSPS) is 26.7. The van der Waals surface area contributed by atoms with Crippen molar-refractivity contribution in [3.63, 3.8) is 0 Å². The summed E-state index contributed by atoms with van der Waals surface area (Å²) in [7, 11) is 0. The summed E-state index contributed by atoms with van der Waals surface area (Å²) < 4.78 is 11.3. The molecule has 31 heavy (non-hydrogen) atoms. The van der Waals surface area contributed by atoms with E-state index in [2.05, 4.69) is 35.3 Å². The van der Waals surface area contributed by atoms with E-state index in [9.17, 15) is 20.4 Å². The highest BCUT2D eigenvalue weighted by atomic mass is 16.7. The van der Waals surface area contributed by atoms with Crippen molar-refractivity contribution >= 4 is 6.08 Å². The summed E-state index contributed by atoms with van der Waals surface area (Å²) in [6, 6.07) is 6.23. The number of nitrogens with zero attached hydrogens (tertiary/aromatic N) is 1. The first kappa shape index (κ1) is 23.4. The molecule has 2 heterocycles. The molecule has 1 aromatic carbocycles. The van der Waals surface area contributed by atoms with Gasteiger partial charge in [-0.2, -0.15) is 0 Å². The van der Waals surface area contributed by atoms with Gasteiger partial charge in [0.1, 0.15) is 24.4 Å². The van der Waals surface area contributed by atoms with Crippen molar-refractivity contribution in [3.05, 3.63) is 52.2 Å². The number of aliphatic hydroxyl groups excluding tert-OH is 4. The van der Waals surface area contributed by atoms with Crippen LogP contribution in [0, 0.1) is 6.92 Å². The minimum atomic E-state index is -1.51. The maximum Gasteiger partial charge on any atom is 0.238 e. The second-order valence-electron chi connectivity index (χ2n) is 8.25. The zero-order valence-corrected chi connectivity index (χ0v) is 18.3. The van der Waals surface area contributed by atoms with Gasteiger partial charge >= 0.3 is 0 Å². The SMILES string of the molecule is CC=Cc1ccc(Cc2c(O[C@@H]3O[C@H](CO)[C@@H](O)[C@H](O)[C@H]3O)n[nH]c2C(C)C)c(C)c1. The topological polar surface area (TPSA) is 128 Å². The summed E-state index contributed by atoms with van der Waals surface area (Å²) in [5, 5.41) is 47.0. The molecule has 1 aliphatic rings. The first-order valence-electron chi connectivity index (χ1n) is 10.5. The number of H-pyrrole nitrogens is 1. The van der Waals surface area contributed by atoms with Crippen molar-refractivity contribution in [2.24, 2.45) is 0 Å². The van der Waals surface area contributed by atoms with Gasteiger partial charge in [0.15, 0.2) is 0 Å². The van der Waals surface area contributed by atoms with E-state index in [0.29, 0.717) is 6.42 Å². The van der Waals surface area contributed by atoms with Gasteiger partial charge in [0, 0.05) is 17.7 Å². The lowest BCUT2D eigenvalue weighted by Gasteiger charge is -2.39. The molecule has 0 amide bonds. The van der Waals surface area contributed by atoms with E-state index in [1.165, 1.54) is 0 Å². The molecule has 8 nitrogen and oxygen atoms in total. The summed E-state index contributed by atoms with van der Waals surface area (Å²) in [5.74, 6) is 0.405. The number of aliphatic hydroxyl groups is 4. The Morgan fingerprint density at radius 2 is 1.94 bits per heavy atom. The van der Waals surface area contributed by atoms with E-state index in [1.807, 2.05) is 32.9 Å². The Bertz CT molecular complexity index is 907. The lowest BCUT2D eigenvalue weighted by molar-refractivity contribution is -0.278. The second kappa shape index (κ2) is 9.93. The van der Waals surface area contributed by atoms with Gasteiger partial charge in [-0.1, -0.05) is 44.2 Å². The van der Waals surface area contributed by atoms with Crippen molar-refractivity contribution < 1.29 is 29.9 Å². The highest BCUT2D eigenvalue weighted by Gasteiger charge is 2.45. The number of hydrogen-bond acceptors (Lipinski definition) is 7. The van der Waals surface area contributed by atoms with Crippen LogP contribution in [0.2, 0.25) is 0 Å². The Balaban J connectivity index is 1.89. The van der Waals surface area contributed by atoms with Crippen molar-refractivity contribution in [3.8, 4) is 5.88 Å². The molecule has 0 aliphatic carbocycles. The number of aromatic nitrogens is 2. The number of aryl methyl sites for hydroxylation is 1. The minimum Gasteiger partial charge on any atom is -0.443 e. The fourth-order valence-electron chi connectivity index (χ4n) is 3.79. The van der Waals surface area contributed by atoms with Gasteiger partial charge in [0.05, 0.1) is 6.61 Å². The molecule has 3 rings (SSSR count). The van der Waals surface area contributed by atoms with Gasteiger partial charge < -0.3 is 29.9 Å². The lowest BCUT2D eigenvalue weighted by atomic mass is 9.95. The fourth-order valence-corrected chi connectivity index (χ4v) is 3.79. The number of aromatic amines is 1. The molecule has 5 atom stereocenters. The Kier molecular flexibility index (Phi) is 7.51. The van der Waals surface area contributed by atoms with Crippen LogP contribution in [0.5, 0.6) is 5.88 Å². The number of benzene rings is 1. The largest absolute Gasteiger partial charge is 0.443 e. The van der Waals surface area contributed by atoms with E-state index in [4.69, 9.17) is 9.47 Å². The summed E-state index contributed by atoms with van der Waals surface area (Å²) in [6.07, 6.45) is -2.18. The van der Waals surface area contributed by atoms with E-state index in [-0.39, 0.29) is 11.8 Å². The Hall–Kier alpha value is -2.23. The zero-order chi connectivity index (χ0) is 22.7. The second-order valence-corrected chi connectivity index (χ2v) is 8.25. The predicted molar refractivity (Wildman–Crippen MR) is 116 cm³/mol. The molecule has 0 saturated carbocycles. The van der Waals surface area contributed by atoms with E-state index in [1.54, 1.807) is 0 Å². The zero-order valence-electron chi connectivity index (χ0n) is 18.3. The molecular weight excluding hydrogens is 400 g/mol. The summed E-state index contributed by atoms with van der Waals surface area (Å²) in [6.45, 7) is 7.59. The molecule has 1 aromatic heterocycles. The molecule has 1 fully saturated rings. The van der Waals surface area contributed by atoms with Gasteiger partial charge in [-0.05, 0) is 36.5 Å². The summed E-state index contributed by atoms with van der Waals surface area (Å²) in [5.41, 5.74) is 5.09. The monoisotopic (exact) mass is 432 g/mol. The first-order valence-corrected chi connectivity index (χ1v) is 10.5. The molecule has 170 valence electrons. The standard InChI is InChI=1S/C23H32N2O6/c1-5-6-14-7-8-15(13(4)9-14)10-16-18(12(2)3)24-25-22(16)31-23-21(29)20(28)19(27)17(11-26)30-23/h5-9,12,17,19-21,23,26-29H,10-11H2,1-4H3,(H,24,25)/t17-,19-,20+,21-,23+/m1/s1. The molecule has 8 heteroatoms. The Labute approximate surface area is 182 Å². The predicted octanol–water partition coefficient (Wildman–Crippen LogP) is 1.64. The third-order valence-corrected chi connectivity index (χ3v) is 5.61. The molecule has 0 radical (unpaired) electrons. The minimum absolute atomic E-state index is 0.150. The quantitative estimate of drug-likeness (QED) is 0.450. The average molecular weight is 433 g/mol. The highest BCUT2D eigenvalue weighted by molar-refractivity contribution is 5.52. The number of hydrogen-bond donors (Lipinski definition) is 5. The Morgan fingerprint density at radius 1 is 1.19 bits per heavy atom. The van der Waals surface area contributed by atoms with Crippen molar-refractivity contribution in [1.82, 2.24) is 10.2 Å². The van der Waals surface area contributed by atoms with Gasteiger partial charge in [-0.15, -0.1) is 5.10 Å². The van der Waals surface area contributed by atoms with Crippen LogP contribution in [0.1, 0.15) is 54.6 Å². The van der Waals surface area contributed by atoms with Crippen LogP contribution in [0.4, 0.5) is 0 Å². The molecule has 0 bridgehead atoms. The lowest BCUT2D eigenvalue weighted by Crippen LogP contribution is -2.60. The van der Waals surface area contributed by atoms with Crippen molar-refractivity contribution in [2.75, 3.05) is 6.61 Å². The van der Waals surface area contributed by atoms with Gasteiger partial charge in [0.2, 0.25) is 12.2 Å². The number of nitrogens with one attached hydrogen (secondary N) is 1. The van der Waals surface area contributed by atoms with E-state index >= 15 is 0 Å². The van der Waals surface area contributed by atoms with Crippen molar-refractivity contribution in [1.29, 1.82) is 0 Å². The molecule has 5 N–H and O–H groups in total. The maximum absolute atomic E-state index is 10.3. The van der Waals surface area contributed by atoms with Crippen LogP contribution in [-0.4, -0.2) is 67.9 Å². The third-order valence-electron chi connectivity index (χ3n) is 5.61. The van der Waals surface area contributed by atoms with Crippen LogP contribution >= 0.6 is 0 Å². The molecule has 1 saturated heterocycles. The number of ether oxygens (including phenoxy) is 2. The number of rotatable bonds is 7. The fraction of sp³-hybridized carbons (Fsp3) is 0.522. The van der Waals surface area contributed by atoms with Crippen molar-refractivity contribution in [2.45, 2.75) is 70.7 Å². The molecule has 0 spiro atoms. The average Bonchev–Trinajstić information content (AvgIpc) is 3.13. The van der Waals surface area contributed by atoms with Crippen LogP contribution in [0.25, 0.3) is 6.08 Å². The summed E-state index contributed by atoms with van der Waals surface area (Å²) in [4.78, 5) is 0. The highest BCUT2D eigenvalue weighted by Crippen LogP contribution is 2.31. The van der Waals surface area contributed by atoms with Crippen LogP contribution in [-0.2, 0) is 11.2 Å². The number of allylic oxidation sites excluding steroid dienone is 1. The summed E-state index contributed by atoms with van der Waals surface area (Å²) >= 11 is 0. The Morgan fingerprint density at radius 3 is 2.55 bits per heavy atom. The van der Waals surface area contributed by atoms with Gasteiger partial charge in [0.25, 0.3) is 0 Å². The molecule has 1 aliphatic heterocycles. The van der Waals surface area contributed by atoms with Crippen LogP contribution in [0.3, 0.4) is 0 Å². The van der Waals surface area contributed by atoms with Gasteiger partial charge in [-0.3, -0.25) is 5.10 Å². The van der Waals surface area contributed by atoms with Crippen LogP contribution in [0.15, 0.2) is 24.3 Å². The molecular formula is C23H32N2O6. The van der Waals surface area contributed by atoms with E-state index in [0.717, 1.165) is 27.9 Å². The van der Waals surface area contributed by atoms with Gasteiger partial charge in [-0.25, -0.2) is 0 Å². The van der Waals surface area contributed by atoms with Crippen LogP contribution < -0.4 is 4.74 Å². The van der Waals surface area contributed by atoms with E-state index < -0.39 is 37.3 Å². The molecule has 2 aromatic rings.